The minimum Gasteiger partial charge on any atom is -0.475 e. The van der Waals surface area contributed by atoms with Gasteiger partial charge in [0.1, 0.15) is 11.9 Å². The van der Waals surface area contributed by atoms with Gasteiger partial charge in [0, 0.05) is 30.3 Å². The lowest BCUT2D eigenvalue weighted by Gasteiger charge is -2.43. The summed E-state index contributed by atoms with van der Waals surface area (Å²) < 4.78 is 11.8. The number of hydrogen-bond donors (Lipinski definition) is 2. The summed E-state index contributed by atoms with van der Waals surface area (Å²) in [6.07, 6.45) is -0.794. The van der Waals surface area contributed by atoms with Crippen LogP contribution in [0.25, 0.3) is 0 Å². The highest BCUT2D eigenvalue weighted by atomic mass is 16.5. The molecule has 1 aromatic carbocycles. The fraction of sp³-hybridized carbons (Fsp3) is 0.556. The van der Waals surface area contributed by atoms with Gasteiger partial charge in [-0.25, -0.2) is 0 Å². The number of fused-ring (bicyclic) bond motifs is 1. The Morgan fingerprint density at radius 1 is 1.23 bits per heavy atom. The molecule has 3 heterocycles. The molecule has 2 aliphatic rings. The number of nitrogens with zero attached hydrogens (tertiary/aromatic N) is 3. The fourth-order valence-corrected chi connectivity index (χ4v) is 4.57. The van der Waals surface area contributed by atoms with E-state index in [0.29, 0.717) is 17.5 Å². The Labute approximate surface area is 208 Å². The van der Waals surface area contributed by atoms with Crippen LogP contribution in [0.1, 0.15) is 73.8 Å². The second kappa shape index (κ2) is 9.76. The van der Waals surface area contributed by atoms with Crippen molar-refractivity contribution >= 4 is 11.7 Å². The zero-order valence-electron chi connectivity index (χ0n) is 21.8. The summed E-state index contributed by atoms with van der Waals surface area (Å²) in [6.45, 7) is 11.9. The minimum absolute atomic E-state index is 0.0435. The van der Waals surface area contributed by atoms with Crippen molar-refractivity contribution in [1.82, 2.24) is 15.2 Å². The van der Waals surface area contributed by atoms with E-state index in [0.717, 1.165) is 35.6 Å². The van der Waals surface area contributed by atoms with E-state index in [1.54, 1.807) is 12.1 Å². The summed E-state index contributed by atoms with van der Waals surface area (Å²) in [5, 5.41) is 13.5. The van der Waals surface area contributed by atoms with Gasteiger partial charge in [-0.3, -0.25) is 4.79 Å². The normalized spacial score (nSPS) is 20.4. The van der Waals surface area contributed by atoms with Gasteiger partial charge in [-0.1, -0.05) is 6.07 Å². The number of carbonyl (C=O) groups excluding carboxylic acids is 1. The maximum absolute atomic E-state index is 13.1. The zero-order chi connectivity index (χ0) is 25.5. The van der Waals surface area contributed by atoms with Gasteiger partial charge >= 0.3 is 0 Å². The smallest absolute Gasteiger partial charge is 0.251 e. The molecule has 190 valence electrons. The van der Waals surface area contributed by atoms with Crippen molar-refractivity contribution in [3.05, 3.63) is 52.6 Å². The van der Waals surface area contributed by atoms with Crippen LogP contribution < -0.4 is 15.0 Å². The van der Waals surface area contributed by atoms with E-state index >= 15 is 0 Å². The molecule has 1 aromatic heterocycles. The highest BCUT2D eigenvalue weighted by molar-refractivity contribution is 5.94. The Balaban J connectivity index is 1.52. The number of anilines is 1. The number of carbonyl (C=O) groups is 1. The first-order valence-corrected chi connectivity index (χ1v) is 12.3. The molecule has 4 rings (SSSR count). The average Bonchev–Trinajstić information content (AvgIpc) is 2.74. The van der Waals surface area contributed by atoms with Gasteiger partial charge in [-0.15, -0.1) is 0 Å². The average molecular weight is 483 g/mol. The second-order valence-corrected chi connectivity index (χ2v) is 10.6. The molecular weight excluding hydrogens is 444 g/mol. The van der Waals surface area contributed by atoms with Crippen LogP contribution in [0.5, 0.6) is 5.88 Å². The monoisotopic (exact) mass is 482 g/mol. The topological polar surface area (TPSA) is 87.2 Å². The number of amides is 1. The molecule has 2 N–H and O–H groups in total. The zero-order valence-corrected chi connectivity index (χ0v) is 21.8. The number of aliphatic hydroxyl groups is 1. The van der Waals surface area contributed by atoms with E-state index in [1.807, 2.05) is 52.8 Å². The van der Waals surface area contributed by atoms with Gasteiger partial charge in [0.2, 0.25) is 5.88 Å². The molecular formula is C27H38N4O4. The summed E-state index contributed by atoms with van der Waals surface area (Å²) in [6, 6.07) is 9.61. The third-order valence-electron chi connectivity index (χ3n) is 6.88. The summed E-state index contributed by atoms with van der Waals surface area (Å²) in [7, 11) is 4.18. The number of ether oxygens (including phenoxy) is 2. The molecule has 35 heavy (non-hydrogen) atoms. The molecule has 2 aromatic rings. The third kappa shape index (κ3) is 5.29. The van der Waals surface area contributed by atoms with Crippen LogP contribution in [0.4, 0.5) is 5.82 Å². The molecule has 8 nitrogen and oxygen atoms in total. The summed E-state index contributed by atoms with van der Waals surface area (Å²) in [5.41, 5.74) is 2.46. The second-order valence-electron chi connectivity index (χ2n) is 10.6. The lowest BCUT2D eigenvalue weighted by atomic mass is 9.86. The lowest BCUT2D eigenvalue weighted by Crippen LogP contribution is -2.57. The summed E-state index contributed by atoms with van der Waals surface area (Å²) in [5.74, 6) is 1.21. The van der Waals surface area contributed by atoms with Crippen molar-refractivity contribution < 1.29 is 19.4 Å². The van der Waals surface area contributed by atoms with Crippen molar-refractivity contribution in [1.29, 1.82) is 0 Å². The van der Waals surface area contributed by atoms with E-state index in [-0.39, 0.29) is 24.7 Å². The van der Waals surface area contributed by atoms with E-state index in [2.05, 4.69) is 29.2 Å². The molecule has 0 spiro atoms. The Morgan fingerprint density at radius 3 is 2.60 bits per heavy atom. The molecule has 0 bridgehead atoms. The quantitative estimate of drug-likeness (QED) is 0.625. The maximum atomic E-state index is 13.1. The molecule has 2 atom stereocenters. The highest BCUT2D eigenvalue weighted by Gasteiger charge is 2.34. The van der Waals surface area contributed by atoms with Crippen LogP contribution in [0, 0.1) is 0 Å². The SMILES string of the molecule is CC(C)Oc1nc(N2CC(N(C)C)C2)ccc1[C@H](C)NC(=O)c1ccc2c(c1)[C@H](O)COC2(C)C. The number of likely N-dealkylation sites (N-methyl/N-ethyl adjacent to an activating group) is 1. The molecule has 1 amide bonds. The lowest BCUT2D eigenvalue weighted by molar-refractivity contribution is -0.0825. The van der Waals surface area contributed by atoms with Gasteiger partial charge in [0.15, 0.2) is 0 Å². The fourth-order valence-electron chi connectivity index (χ4n) is 4.57. The van der Waals surface area contributed by atoms with Crippen molar-refractivity contribution in [3.8, 4) is 5.88 Å². The van der Waals surface area contributed by atoms with Crippen molar-refractivity contribution in [2.24, 2.45) is 0 Å². The Morgan fingerprint density at radius 2 is 1.94 bits per heavy atom. The number of pyridine rings is 1. The molecule has 0 saturated carbocycles. The van der Waals surface area contributed by atoms with Crippen LogP contribution in [-0.4, -0.2) is 66.8 Å². The number of benzene rings is 1. The predicted octanol–water partition coefficient (Wildman–Crippen LogP) is 3.41. The van der Waals surface area contributed by atoms with E-state index in [4.69, 9.17) is 14.5 Å². The first-order valence-electron chi connectivity index (χ1n) is 12.3. The molecule has 0 unspecified atom stereocenters. The maximum Gasteiger partial charge on any atom is 0.251 e. The number of aromatic nitrogens is 1. The van der Waals surface area contributed by atoms with Gasteiger partial charge in [-0.05, 0) is 84.1 Å². The van der Waals surface area contributed by atoms with Crippen molar-refractivity contribution in [3.63, 3.8) is 0 Å². The Kier molecular flexibility index (Phi) is 7.09. The molecule has 1 fully saturated rings. The van der Waals surface area contributed by atoms with Crippen LogP contribution in [-0.2, 0) is 10.3 Å². The summed E-state index contributed by atoms with van der Waals surface area (Å²) >= 11 is 0. The molecule has 8 heteroatoms. The number of hydrogen-bond acceptors (Lipinski definition) is 7. The number of aliphatic hydroxyl groups excluding tert-OH is 1. The van der Waals surface area contributed by atoms with Crippen LogP contribution in [0.15, 0.2) is 30.3 Å². The van der Waals surface area contributed by atoms with Crippen LogP contribution in [0.3, 0.4) is 0 Å². The Hall–Kier alpha value is -2.68. The predicted molar refractivity (Wildman–Crippen MR) is 136 cm³/mol. The van der Waals surface area contributed by atoms with Crippen molar-refractivity contribution in [2.75, 3.05) is 38.7 Å². The Bertz CT molecular complexity index is 1080. The standard InChI is InChI=1S/C27H38N4O4/c1-16(2)35-26-20(9-11-24(29-26)31-13-19(14-31)30(6)7)17(3)28-25(33)18-8-10-22-21(12-18)23(32)15-34-27(22,4)5/h8-12,16-17,19,23,32H,13-15H2,1-7H3,(H,28,33)/t17-,23+/m0/s1. The van der Waals surface area contributed by atoms with Gasteiger partial charge in [-0.2, -0.15) is 4.98 Å². The first-order chi connectivity index (χ1) is 16.5. The van der Waals surface area contributed by atoms with E-state index in [9.17, 15) is 9.90 Å². The van der Waals surface area contributed by atoms with E-state index < -0.39 is 11.7 Å². The van der Waals surface area contributed by atoms with Gasteiger partial charge < -0.3 is 29.7 Å². The summed E-state index contributed by atoms with van der Waals surface area (Å²) in [4.78, 5) is 22.4. The molecule has 0 aliphatic carbocycles. The van der Waals surface area contributed by atoms with Crippen LogP contribution >= 0.6 is 0 Å². The largest absolute Gasteiger partial charge is 0.475 e. The highest BCUT2D eigenvalue weighted by Crippen LogP contribution is 2.37. The molecule has 1 saturated heterocycles. The number of nitrogens with one attached hydrogen (secondary N) is 1. The van der Waals surface area contributed by atoms with Gasteiger partial charge in [0.05, 0.1) is 24.4 Å². The first kappa shape index (κ1) is 25.4. The third-order valence-corrected chi connectivity index (χ3v) is 6.88. The number of rotatable bonds is 7. The molecule has 0 radical (unpaired) electrons. The van der Waals surface area contributed by atoms with Gasteiger partial charge in [0.25, 0.3) is 5.91 Å². The minimum atomic E-state index is -0.750. The molecule has 2 aliphatic heterocycles. The van der Waals surface area contributed by atoms with Crippen molar-refractivity contribution in [2.45, 2.75) is 64.5 Å². The van der Waals surface area contributed by atoms with Crippen LogP contribution in [0.2, 0.25) is 0 Å². The van der Waals surface area contributed by atoms with E-state index in [1.165, 1.54) is 0 Å².